The average Bonchev–Trinajstić information content (AvgIpc) is 2.46. The van der Waals surface area contributed by atoms with Crippen molar-refractivity contribution in [3.05, 3.63) is 34.9 Å². The second-order valence-electron chi connectivity index (χ2n) is 4.28. The Bertz CT molecular complexity index is 413. The van der Waals surface area contributed by atoms with E-state index in [4.69, 9.17) is 9.47 Å². The molecular formula is C16H25NO2. The average molecular weight is 263 g/mol. The summed E-state index contributed by atoms with van der Waals surface area (Å²) in [7, 11) is 1.68. The van der Waals surface area contributed by atoms with Crippen LogP contribution in [0.4, 0.5) is 0 Å². The number of methoxy groups -OCH3 is 1. The number of aryl methyl sites for hydroxylation is 1. The summed E-state index contributed by atoms with van der Waals surface area (Å²) < 4.78 is 10.5. The van der Waals surface area contributed by atoms with Crippen molar-refractivity contribution in [2.24, 2.45) is 4.99 Å². The van der Waals surface area contributed by atoms with Crippen LogP contribution in [0.2, 0.25) is 0 Å². The van der Waals surface area contributed by atoms with Gasteiger partial charge in [0, 0.05) is 19.2 Å². The first kappa shape index (κ1) is 15.9. The lowest BCUT2D eigenvalue weighted by Gasteiger charge is -2.17. The number of hydrogen-bond donors (Lipinski definition) is 0. The van der Waals surface area contributed by atoms with Crippen LogP contribution >= 0.6 is 0 Å². The lowest BCUT2D eigenvalue weighted by molar-refractivity contribution is 0.0901. The van der Waals surface area contributed by atoms with Crippen LogP contribution in [0.3, 0.4) is 0 Å². The fraction of sp³-hybridized carbons (Fsp3) is 0.562. The first-order valence-electron chi connectivity index (χ1n) is 7.01. The van der Waals surface area contributed by atoms with E-state index in [0.717, 1.165) is 18.7 Å². The lowest BCUT2D eigenvalue weighted by Crippen LogP contribution is -2.19. The Morgan fingerprint density at radius 1 is 1.21 bits per heavy atom. The zero-order valence-electron chi connectivity index (χ0n) is 12.5. The van der Waals surface area contributed by atoms with E-state index in [0.29, 0.717) is 19.8 Å². The van der Waals surface area contributed by atoms with Gasteiger partial charge in [-0.25, -0.2) is 0 Å². The smallest absolute Gasteiger partial charge is 0.0890 e. The van der Waals surface area contributed by atoms with Gasteiger partial charge in [0.05, 0.1) is 25.5 Å². The summed E-state index contributed by atoms with van der Waals surface area (Å²) in [6.07, 6.45) is 1.04. The van der Waals surface area contributed by atoms with Crippen molar-refractivity contribution in [1.29, 1.82) is 0 Å². The summed E-state index contributed by atoms with van der Waals surface area (Å²) in [6.45, 7) is 8.82. The fourth-order valence-electron chi connectivity index (χ4n) is 2.01. The number of fused-ring (bicyclic) bond motifs is 1. The van der Waals surface area contributed by atoms with Gasteiger partial charge in [-0.1, -0.05) is 31.5 Å². The molecular weight excluding hydrogens is 238 g/mol. The Morgan fingerprint density at radius 3 is 2.74 bits per heavy atom. The number of hydrogen-bond acceptors (Lipinski definition) is 3. The zero-order valence-corrected chi connectivity index (χ0v) is 12.5. The third kappa shape index (κ3) is 4.77. The molecule has 0 aromatic heterocycles. The molecule has 0 radical (unpaired) electrons. The molecule has 0 saturated carbocycles. The van der Waals surface area contributed by atoms with Crippen LogP contribution in [0.5, 0.6) is 0 Å². The SMILES string of the molecule is CC.COCCOCC1=NCCc2ccc(C)cc21. The van der Waals surface area contributed by atoms with Crippen LogP contribution in [0, 0.1) is 6.92 Å². The van der Waals surface area contributed by atoms with E-state index in [1.807, 2.05) is 13.8 Å². The highest BCUT2D eigenvalue weighted by Gasteiger charge is 2.13. The van der Waals surface area contributed by atoms with Crippen LogP contribution in [0.1, 0.15) is 30.5 Å². The number of nitrogens with zero attached hydrogens (tertiary/aromatic N) is 1. The normalized spacial score (nSPS) is 13.2. The lowest BCUT2D eigenvalue weighted by atomic mass is 9.96. The molecule has 0 aliphatic carbocycles. The fourth-order valence-corrected chi connectivity index (χ4v) is 2.01. The first-order valence-corrected chi connectivity index (χ1v) is 7.01. The van der Waals surface area contributed by atoms with Crippen LogP contribution < -0.4 is 0 Å². The summed E-state index contributed by atoms with van der Waals surface area (Å²) in [5, 5.41) is 0. The zero-order chi connectivity index (χ0) is 14.1. The van der Waals surface area contributed by atoms with Crippen molar-refractivity contribution in [3.8, 4) is 0 Å². The van der Waals surface area contributed by atoms with Gasteiger partial charge in [0.15, 0.2) is 0 Å². The Hall–Kier alpha value is -1.19. The Balaban J connectivity index is 0.000000861. The quantitative estimate of drug-likeness (QED) is 0.765. The second-order valence-corrected chi connectivity index (χ2v) is 4.28. The molecule has 0 bridgehead atoms. The maximum Gasteiger partial charge on any atom is 0.0890 e. The number of ether oxygens (including phenoxy) is 2. The molecule has 3 heteroatoms. The summed E-state index contributed by atoms with van der Waals surface area (Å²) in [5.41, 5.74) is 4.99. The molecule has 0 amide bonds. The highest BCUT2D eigenvalue weighted by molar-refractivity contribution is 6.03. The van der Waals surface area contributed by atoms with Gasteiger partial charge in [-0.2, -0.15) is 0 Å². The van der Waals surface area contributed by atoms with E-state index in [-0.39, 0.29) is 0 Å². The maximum absolute atomic E-state index is 5.55. The molecule has 0 spiro atoms. The van der Waals surface area contributed by atoms with Gasteiger partial charge in [-0.3, -0.25) is 4.99 Å². The minimum absolute atomic E-state index is 0.583. The molecule has 1 aromatic rings. The van der Waals surface area contributed by atoms with E-state index in [2.05, 4.69) is 30.1 Å². The summed E-state index contributed by atoms with van der Waals surface area (Å²) in [4.78, 5) is 4.56. The molecule has 0 N–H and O–H groups in total. The van der Waals surface area contributed by atoms with Crippen molar-refractivity contribution in [3.63, 3.8) is 0 Å². The molecule has 0 saturated heterocycles. The highest BCUT2D eigenvalue weighted by Crippen LogP contribution is 2.18. The predicted molar refractivity (Wildman–Crippen MR) is 80.3 cm³/mol. The Morgan fingerprint density at radius 2 is 2.00 bits per heavy atom. The minimum Gasteiger partial charge on any atom is -0.382 e. The topological polar surface area (TPSA) is 30.8 Å². The molecule has 1 aliphatic heterocycles. The van der Waals surface area contributed by atoms with E-state index in [1.54, 1.807) is 7.11 Å². The van der Waals surface area contributed by atoms with Gasteiger partial charge in [0.25, 0.3) is 0 Å². The molecule has 1 aromatic carbocycles. The van der Waals surface area contributed by atoms with E-state index < -0.39 is 0 Å². The standard InChI is InChI=1S/C14H19NO2.C2H6/c1-11-3-4-12-5-6-15-14(13(12)9-11)10-17-8-7-16-2;1-2/h3-4,9H,5-8,10H2,1-2H3;1-2H3. The third-order valence-electron chi connectivity index (χ3n) is 2.93. The van der Waals surface area contributed by atoms with Gasteiger partial charge in [-0.05, 0) is 25.0 Å². The second kappa shape index (κ2) is 8.83. The molecule has 0 atom stereocenters. The van der Waals surface area contributed by atoms with E-state index in [1.165, 1.54) is 16.7 Å². The van der Waals surface area contributed by atoms with Crippen LogP contribution in [-0.2, 0) is 15.9 Å². The van der Waals surface area contributed by atoms with Crippen molar-refractivity contribution in [1.82, 2.24) is 0 Å². The van der Waals surface area contributed by atoms with Gasteiger partial charge in [-0.15, -0.1) is 0 Å². The van der Waals surface area contributed by atoms with Gasteiger partial charge < -0.3 is 9.47 Å². The highest BCUT2D eigenvalue weighted by atomic mass is 16.5. The molecule has 0 fully saturated rings. The predicted octanol–water partition coefficient (Wildman–Crippen LogP) is 3.03. The number of benzene rings is 1. The Kier molecular flexibility index (Phi) is 7.38. The molecule has 3 nitrogen and oxygen atoms in total. The first-order chi connectivity index (χ1) is 9.31. The third-order valence-corrected chi connectivity index (χ3v) is 2.93. The molecule has 1 aliphatic rings. The monoisotopic (exact) mass is 263 g/mol. The van der Waals surface area contributed by atoms with Crippen LogP contribution in [0.25, 0.3) is 0 Å². The van der Waals surface area contributed by atoms with Gasteiger partial charge >= 0.3 is 0 Å². The number of rotatable bonds is 5. The summed E-state index contributed by atoms with van der Waals surface area (Å²) in [5.74, 6) is 0. The molecule has 19 heavy (non-hydrogen) atoms. The largest absolute Gasteiger partial charge is 0.382 e. The molecule has 106 valence electrons. The van der Waals surface area contributed by atoms with Crippen LogP contribution in [0.15, 0.2) is 23.2 Å². The van der Waals surface area contributed by atoms with E-state index >= 15 is 0 Å². The van der Waals surface area contributed by atoms with Crippen molar-refractivity contribution in [2.75, 3.05) is 33.5 Å². The van der Waals surface area contributed by atoms with Crippen molar-refractivity contribution in [2.45, 2.75) is 27.2 Å². The van der Waals surface area contributed by atoms with Crippen LogP contribution in [-0.4, -0.2) is 39.2 Å². The number of aliphatic imine (C=N–C) groups is 1. The molecule has 2 rings (SSSR count). The van der Waals surface area contributed by atoms with Crippen molar-refractivity contribution < 1.29 is 9.47 Å². The summed E-state index contributed by atoms with van der Waals surface area (Å²) in [6, 6.07) is 6.56. The molecule has 0 unspecified atom stereocenters. The minimum atomic E-state index is 0.583. The Labute approximate surface area is 116 Å². The maximum atomic E-state index is 5.55. The summed E-state index contributed by atoms with van der Waals surface area (Å²) >= 11 is 0. The van der Waals surface area contributed by atoms with E-state index in [9.17, 15) is 0 Å². The van der Waals surface area contributed by atoms with Gasteiger partial charge in [0.2, 0.25) is 0 Å². The van der Waals surface area contributed by atoms with Gasteiger partial charge in [0.1, 0.15) is 0 Å². The molecule has 1 heterocycles. The van der Waals surface area contributed by atoms with Crippen molar-refractivity contribution >= 4 is 5.71 Å².